The lowest BCUT2D eigenvalue weighted by Crippen LogP contribution is -2.21. The normalized spacial score (nSPS) is 16.9. The SMILES string of the molecule is CNC(C)/C(Br)=C(/C)O. The van der Waals surface area contributed by atoms with Gasteiger partial charge in [-0.25, -0.2) is 0 Å². The monoisotopic (exact) mass is 193 g/mol. The van der Waals surface area contributed by atoms with Crippen LogP contribution >= 0.6 is 15.9 Å². The lowest BCUT2D eigenvalue weighted by Gasteiger charge is -2.08. The number of likely N-dealkylation sites (N-methyl/N-ethyl adjacent to an activating group) is 1. The van der Waals surface area contributed by atoms with Crippen LogP contribution in [-0.4, -0.2) is 18.2 Å². The molecular formula is C6H12BrNO. The van der Waals surface area contributed by atoms with Crippen LogP contribution in [0.1, 0.15) is 13.8 Å². The summed E-state index contributed by atoms with van der Waals surface area (Å²) >= 11 is 3.23. The Morgan fingerprint density at radius 1 is 1.67 bits per heavy atom. The van der Waals surface area contributed by atoms with Crippen LogP contribution in [0.3, 0.4) is 0 Å². The van der Waals surface area contributed by atoms with Gasteiger partial charge in [0, 0.05) is 10.5 Å². The van der Waals surface area contributed by atoms with E-state index in [4.69, 9.17) is 5.11 Å². The zero-order valence-corrected chi connectivity index (χ0v) is 7.49. The fraction of sp³-hybridized carbons (Fsp3) is 0.667. The zero-order valence-electron chi connectivity index (χ0n) is 5.90. The highest BCUT2D eigenvalue weighted by molar-refractivity contribution is 9.11. The largest absolute Gasteiger partial charge is 0.512 e. The molecule has 0 bridgehead atoms. The maximum Gasteiger partial charge on any atom is 0.101 e. The molecule has 0 fully saturated rings. The highest BCUT2D eigenvalue weighted by atomic mass is 79.9. The second kappa shape index (κ2) is 3.90. The summed E-state index contributed by atoms with van der Waals surface area (Å²) in [5.41, 5.74) is 0. The standard InChI is InChI=1S/C6H12BrNO/c1-4(8-3)6(7)5(2)9/h4,8-9H,1-3H3/b6-5+. The molecule has 0 amide bonds. The summed E-state index contributed by atoms with van der Waals surface area (Å²) in [6.45, 7) is 3.61. The van der Waals surface area contributed by atoms with E-state index < -0.39 is 0 Å². The molecule has 0 aliphatic rings. The van der Waals surface area contributed by atoms with E-state index in [1.54, 1.807) is 6.92 Å². The molecule has 0 aromatic carbocycles. The van der Waals surface area contributed by atoms with E-state index in [0.29, 0.717) is 5.76 Å². The van der Waals surface area contributed by atoms with Gasteiger partial charge in [0.2, 0.25) is 0 Å². The third kappa shape index (κ3) is 2.87. The molecule has 0 saturated carbocycles. The minimum absolute atomic E-state index is 0.190. The van der Waals surface area contributed by atoms with E-state index in [2.05, 4.69) is 21.2 Å². The zero-order chi connectivity index (χ0) is 7.44. The first-order chi connectivity index (χ1) is 4.09. The Labute approximate surface area is 64.1 Å². The molecule has 0 saturated heterocycles. The Morgan fingerprint density at radius 3 is 2.22 bits per heavy atom. The quantitative estimate of drug-likeness (QED) is 0.656. The van der Waals surface area contributed by atoms with Gasteiger partial charge in [0.15, 0.2) is 0 Å². The Hall–Kier alpha value is -0.0200. The molecule has 0 aromatic rings. The second-order valence-corrected chi connectivity index (χ2v) is 2.80. The number of nitrogens with one attached hydrogen (secondary N) is 1. The van der Waals surface area contributed by atoms with E-state index in [0.717, 1.165) is 4.48 Å². The highest BCUT2D eigenvalue weighted by Gasteiger charge is 2.04. The van der Waals surface area contributed by atoms with Crippen molar-refractivity contribution in [3.8, 4) is 0 Å². The molecule has 0 aliphatic carbocycles. The van der Waals surface area contributed by atoms with Crippen molar-refractivity contribution in [2.24, 2.45) is 0 Å². The lowest BCUT2D eigenvalue weighted by molar-refractivity contribution is 0.406. The van der Waals surface area contributed by atoms with Crippen molar-refractivity contribution in [1.82, 2.24) is 5.32 Å². The Balaban J connectivity index is 4.02. The van der Waals surface area contributed by atoms with Gasteiger partial charge in [-0.2, -0.15) is 0 Å². The van der Waals surface area contributed by atoms with E-state index >= 15 is 0 Å². The molecule has 9 heavy (non-hydrogen) atoms. The average Bonchev–Trinajstić information content (AvgIpc) is 1.84. The molecule has 3 heteroatoms. The minimum Gasteiger partial charge on any atom is -0.512 e. The van der Waals surface area contributed by atoms with Crippen LogP contribution < -0.4 is 5.32 Å². The van der Waals surface area contributed by atoms with Crippen LogP contribution in [0.4, 0.5) is 0 Å². The number of halogens is 1. The second-order valence-electron chi connectivity index (χ2n) is 1.94. The highest BCUT2D eigenvalue weighted by Crippen LogP contribution is 2.13. The van der Waals surface area contributed by atoms with Crippen molar-refractivity contribution in [2.75, 3.05) is 7.05 Å². The van der Waals surface area contributed by atoms with Crippen LogP contribution in [0.2, 0.25) is 0 Å². The Morgan fingerprint density at radius 2 is 2.11 bits per heavy atom. The third-order valence-corrected chi connectivity index (χ3v) is 2.42. The maximum absolute atomic E-state index is 8.92. The number of allylic oxidation sites excluding steroid dienone is 1. The molecule has 0 aliphatic heterocycles. The average molecular weight is 194 g/mol. The molecule has 2 nitrogen and oxygen atoms in total. The number of aliphatic hydroxyl groups is 1. The van der Waals surface area contributed by atoms with Gasteiger partial charge < -0.3 is 10.4 Å². The van der Waals surface area contributed by atoms with Crippen LogP contribution in [0.15, 0.2) is 10.2 Å². The fourth-order valence-electron chi connectivity index (χ4n) is 0.440. The molecule has 54 valence electrons. The predicted molar refractivity (Wildman–Crippen MR) is 42.8 cm³/mol. The molecular weight excluding hydrogens is 182 g/mol. The van der Waals surface area contributed by atoms with Crippen molar-refractivity contribution >= 4 is 15.9 Å². The first-order valence-corrected chi connectivity index (χ1v) is 3.61. The minimum atomic E-state index is 0.190. The van der Waals surface area contributed by atoms with E-state index in [-0.39, 0.29) is 6.04 Å². The third-order valence-electron chi connectivity index (χ3n) is 1.16. The first-order valence-electron chi connectivity index (χ1n) is 2.82. The fourth-order valence-corrected chi connectivity index (χ4v) is 0.669. The molecule has 1 unspecified atom stereocenters. The number of rotatable bonds is 2. The van der Waals surface area contributed by atoms with Gasteiger partial charge in [-0.15, -0.1) is 0 Å². The van der Waals surface area contributed by atoms with Crippen LogP contribution in [0, 0.1) is 0 Å². The van der Waals surface area contributed by atoms with Gasteiger partial charge in [0.05, 0.1) is 0 Å². The Bertz CT molecular complexity index is 118. The summed E-state index contributed by atoms with van der Waals surface area (Å²) in [7, 11) is 1.84. The first kappa shape index (κ1) is 8.98. The summed E-state index contributed by atoms with van der Waals surface area (Å²) in [6.07, 6.45) is 0. The topological polar surface area (TPSA) is 32.3 Å². The summed E-state index contributed by atoms with van der Waals surface area (Å²) < 4.78 is 0.810. The molecule has 2 N–H and O–H groups in total. The molecule has 0 aromatic heterocycles. The molecule has 0 radical (unpaired) electrons. The summed E-state index contributed by atoms with van der Waals surface area (Å²) in [6, 6.07) is 0.190. The molecule has 0 spiro atoms. The summed E-state index contributed by atoms with van der Waals surface area (Å²) in [4.78, 5) is 0. The van der Waals surface area contributed by atoms with Crippen molar-refractivity contribution < 1.29 is 5.11 Å². The maximum atomic E-state index is 8.92. The molecule has 0 heterocycles. The van der Waals surface area contributed by atoms with Crippen LogP contribution in [-0.2, 0) is 0 Å². The van der Waals surface area contributed by atoms with Crippen molar-refractivity contribution in [3.63, 3.8) is 0 Å². The van der Waals surface area contributed by atoms with Gasteiger partial charge >= 0.3 is 0 Å². The van der Waals surface area contributed by atoms with E-state index in [1.165, 1.54) is 0 Å². The van der Waals surface area contributed by atoms with Crippen LogP contribution in [0.5, 0.6) is 0 Å². The number of aliphatic hydroxyl groups excluding tert-OH is 1. The van der Waals surface area contributed by atoms with Gasteiger partial charge in [-0.1, -0.05) is 15.9 Å². The van der Waals surface area contributed by atoms with Crippen molar-refractivity contribution in [2.45, 2.75) is 19.9 Å². The number of hydrogen-bond donors (Lipinski definition) is 2. The van der Waals surface area contributed by atoms with Crippen LogP contribution in [0.25, 0.3) is 0 Å². The van der Waals surface area contributed by atoms with Gasteiger partial charge in [0.1, 0.15) is 5.76 Å². The van der Waals surface area contributed by atoms with Crippen molar-refractivity contribution in [3.05, 3.63) is 10.2 Å². The van der Waals surface area contributed by atoms with E-state index in [1.807, 2.05) is 14.0 Å². The smallest absolute Gasteiger partial charge is 0.101 e. The summed E-state index contributed by atoms with van der Waals surface area (Å²) in [5, 5.41) is 11.9. The molecule has 1 atom stereocenters. The van der Waals surface area contributed by atoms with Gasteiger partial charge in [0.25, 0.3) is 0 Å². The number of hydrogen-bond acceptors (Lipinski definition) is 2. The predicted octanol–water partition coefficient (Wildman–Crippen LogP) is 1.78. The van der Waals surface area contributed by atoms with Crippen molar-refractivity contribution in [1.29, 1.82) is 0 Å². The van der Waals surface area contributed by atoms with Gasteiger partial charge in [-0.05, 0) is 20.9 Å². The lowest BCUT2D eigenvalue weighted by atomic mass is 10.3. The Kier molecular flexibility index (Phi) is 3.89. The molecule has 0 rings (SSSR count). The van der Waals surface area contributed by atoms with Gasteiger partial charge in [-0.3, -0.25) is 0 Å². The summed E-state index contributed by atoms with van der Waals surface area (Å²) in [5.74, 6) is 0.330. The van der Waals surface area contributed by atoms with E-state index in [9.17, 15) is 0 Å².